The highest BCUT2D eigenvalue weighted by Crippen LogP contribution is 2.22. The van der Waals surface area contributed by atoms with E-state index in [1.807, 2.05) is 0 Å². The maximum Gasteiger partial charge on any atom is 0.223 e. The van der Waals surface area contributed by atoms with Crippen molar-refractivity contribution in [3.05, 3.63) is 59.7 Å². The van der Waals surface area contributed by atoms with Gasteiger partial charge in [-0.05, 0) is 56.0 Å². The molecule has 0 radical (unpaired) electrons. The fourth-order valence-electron chi connectivity index (χ4n) is 3.39. The van der Waals surface area contributed by atoms with Gasteiger partial charge in [0.15, 0.2) is 0 Å². The number of carbonyl (C=O) groups is 1. The summed E-state index contributed by atoms with van der Waals surface area (Å²) in [5.41, 5.74) is 4.81. The summed E-state index contributed by atoms with van der Waals surface area (Å²) in [5, 5.41) is 6.50. The minimum absolute atomic E-state index is 0.140. The second-order valence-electron chi connectivity index (χ2n) is 6.86. The number of nitrogens with one attached hydrogen (secondary N) is 2. The molecular formula is C21H26N2O. The van der Waals surface area contributed by atoms with Crippen molar-refractivity contribution in [1.29, 1.82) is 0 Å². The summed E-state index contributed by atoms with van der Waals surface area (Å²) in [5.74, 6) is 0.325. The van der Waals surface area contributed by atoms with Crippen LogP contribution in [-0.4, -0.2) is 18.5 Å². The Morgan fingerprint density at radius 3 is 2.67 bits per heavy atom. The van der Waals surface area contributed by atoms with Crippen LogP contribution in [0.25, 0.3) is 11.1 Å². The average Bonchev–Trinajstić information content (AvgIpc) is 2.60. The highest BCUT2D eigenvalue weighted by Gasteiger charge is 2.24. The molecule has 2 aromatic rings. The molecule has 0 unspecified atom stereocenters. The van der Waals surface area contributed by atoms with Gasteiger partial charge in [0.25, 0.3) is 0 Å². The van der Waals surface area contributed by atoms with Crippen molar-refractivity contribution in [2.75, 3.05) is 6.54 Å². The lowest BCUT2D eigenvalue weighted by Gasteiger charge is -2.27. The molecule has 3 heteroatoms. The number of hydrogen-bond donors (Lipinski definition) is 2. The second-order valence-corrected chi connectivity index (χ2v) is 6.86. The van der Waals surface area contributed by atoms with E-state index in [-0.39, 0.29) is 11.8 Å². The zero-order valence-electron chi connectivity index (χ0n) is 14.5. The van der Waals surface area contributed by atoms with Gasteiger partial charge in [0, 0.05) is 18.5 Å². The molecule has 2 atom stereocenters. The molecule has 3 rings (SSSR count). The van der Waals surface area contributed by atoms with Gasteiger partial charge in [-0.3, -0.25) is 4.79 Å². The van der Waals surface area contributed by atoms with E-state index in [2.05, 4.69) is 73.0 Å². The first kappa shape index (κ1) is 16.7. The first-order valence-corrected chi connectivity index (χ1v) is 8.79. The number of piperidine rings is 1. The molecule has 0 spiro atoms. The van der Waals surface area contributed by atoms with Crippen molar-refractivity contribution >= 4 is 5.91 Å². The van der Waals surface area contributed by atoms with Gasteiger partial charge in [0.1, 0.15) is 0 Å². The monoisotopic (exact) mass is 322 g/mol. The van der Waals surface area contributed by atoms with Crippen molar-refractivity contribution in [3.8, 4) is 11.1 Å². The molecule has 1 amide bonds. The van der Waals surface area contributed by atoms with Crippen LogP contribution in [0.5, 0.6) is 0 Å². The van der Waals surface area contributed by atoms with E-state index < -0.39 is 0 Å². The fourth-order valence-corrected chi connectivity index (χ4v) is 3.39. The van der Waals surface area contributed by atoms with Crippen molar-refractivity contribution in [2.24, 2.45) is 5.92 Å². The van der Waals surface area contributed by atoms with Gasteiger partial charge in [-0.1, -0.05) is 48.0 Å². The summed E-state index contributed by atoms with van der Waals surface area (Å²) >= 11 is 0. The van der Waals surface area contributed by atoms with E-state index in [4.69, 9.17) is 0 Å². The normalized spacial score (nSPS) is 20.6. The number of hydrogen-bond acceptors (Lipinski definition) is 2. The predicted molar refractivity (Wildman–Crippen MR) is 98.7 cm³/mol. The molecule has 1 fully saturated rings. The maximum absolute atomic E-state index is 12.4. The smallest absolute Gasteiger partial charge is 0.223 e. The number of benzene rings is 2. The molecule has 1 aliphatic rings. The van der Waals surface area contributed by atoms with E-state index in [1.165, 1.54) is 16.7 Å². The third kappa shape index (κ3) is 4.24. The van der Waals surface area contributed by atoms with Crippen LogP contribution in [0, 0.1) is 12.8 Å². The summed E-state index contributed by atoms with van der Waals surface area (Å²) < 4.78 is 0. The molecule has 2 N–H and O–H groups in total. The molecule has 24 heavy (non-hydrogen) atoms. The van der Waals surface area contributed by atoms with Crippen LogP contribution in [0.3, 0.4) is 0 Å². The standard InChI is InChI=1S/C21H26N2O/c1-15-5-3-7-18(11-15)19-8-4-6-17(13-19)14-23-21(24)20-9-10-22-16(2)12-20/h3-8,11,13,16,20,22H,9-10,12,14H2,1-2H3,(H,23,24)/t16-,20-/m0/s1. The molecule has 126 valence electrons. The molecular weight excluding hydrogens is 296 g/mol. The van der Waals surface area contributed by atoms with E-state index in [0.29, 0.717) is 12.6 Å². The Labute approximate surface area is 144 Å². The quantitative estimate of drug-likeness (QED) is 0.902. The molecule has 3 nitrogen and oxygen atoms in total. The van der Waals surface area contributed by atoms with Crippen LogP contribution >= 0.6 is 0 Å². The van der Waals surface area contributed by atoms with Gasteiger partial charge in [0.2, 0.25) is 5.91 Å². The number of rotatable bonds is 4. The second kappa shape index (κ2) is 7.63. The van der Waals surface area contributed by atoms with Gasteiger partial charge < -0.3 is 10.6 Å². The molecule has 0 bridgehead atoms. The summed E-state index contributed by atoms with van der Waals surface area (Å²) in [6, 6.07) is 17.4. The van der Waals surface area contributed by atoms with Gasteiger partial charge in [-0.2, -0.15) is 0 Å². The lowest BCUT2D eigenvalue weighted by atomic mass is 9.92. The van der Waals surface area contributed by atoms with Crippen LogP contribution in [-0.2, 0) is 11.3 Å². The Morgan fingerprint density at radius 2 is 1.92 bits per heavy atom. The lowest BCUT2D eigenvalue weighted by Crippen LogP contribution is -2.42. The number of carbonyl (C=O) groups excluding carboxylic acids is 1. The highest BCUT2D eigenvalue weighted by molar-refractivity contribution is 5.78. The molecule has 0 aromatic heterocycles. The topological polar surface area (TPSA) is 41.1 Å². The van der Waals surface area contributed by atoms with Crippen molar-refractivity contribution in [3.63, 3.8) is 0 Å². The molecule has 0 aliphatic carbocycles. The minimum atomic E-state index is 0.140. The van der Waals surface area contributed by atoms with E-state index in [1.54, 1.807) is 0 Å². The van der Waals surface area contributed by atoms with Crippen LogP contribution < -0.4 is 10.6 Å². The lowest BCUT2D eigenvalue weighted by molar-refractivity contribution is -0.126. The largest absolute Gasteiger partial charge is 0.352 e. The molecule has 1 heterocycles. The van der Waals surface area contributed by atoms with Gasteiger partial charge >= 0.3 is 0 Å². The Bertz CT molecular complexity index is 710. The third-order valence-electron chi connectivity index (χ3n) is 4.74. The summed E-state index contributed by atoms with van der Waals surface area (Å²) in [6.07, 6.45) is 1.86. The van der Waals surface area contributed by atoms with Gasteiger partial charge in [-0.15, -0.1) is 0 Å². The average molecular weight is 322 g/mol. The van der Waals surface area contributed by atoms with Crippen molar-refractivity contribution in [1.82, 2.24) is 10.6 Å². The maximum atomic E-state index is 12.4. The third-order valence-corrected chi connectivity index (χ3v) is 4.74. The predicted octanol–water partition coefficient (Wildman–Crippen LogP) is 3.67. The van der Waals surface area contributed by atoms with Crippen LogP contribution in [0.1, 0.15) is 30.9 Å². The zero-order chi connectivity index (χ0) is 16.9. The molecule has 2 aromatic carbocycles. The number of aryl methyl sites for hydroxylation is 1. The van der Waals surface area contributed by atoms with E-state index in [9.17, 15) is 4.79 Å². The first-order valence-electron chi connectivity index (χ1n) is 8.79. The first-order chi connectivity index (χ1) is 11.6. The zero-order valence-corrected chi connectivity index (χ0v) is 14.5. The van der Waals surface area contributed by atoms with Crippen LogP contribution in [0.2, 0.25) is 0 Å². The van der Waals surface area contributed by atoms with Gasteiger partial charge in [-0.25, -0.2) is 0 Å². The van der Waals surface area contributed by atoms with Crippen molar-refractivity contribution in [2.45, 2.75) is 39.3 Å². The van der Waals surface area contributed by atoms with Crippen molar-refractivity contribution < 1.29 is 4.79 Å². The Hall–Kier alpha value is -2.13. The fraction of sp³-hybridized carbons (Fsp3) is 0.381. The van der Waals surface area contributed by atoms with Crippen LogP contribution in [0.4, 0.5) is 0 Å². The Morgan fingerprint density at radius 1 is 1.17 bits per heavy atom. The number of amides is 1. The summed E-state index contributed by atoms with van der Waals surface area (Å²) in [4.78, 5) is 12.4. The van der Waals surface area contributed by atoms with Gasteiger partial charge in [0.05, 0.1) is 0 Å². The molecule has 1 aliphatic heterocycles. The Kier molecular flexibility index (Phi) is 5.31. The summed E-state index contributed by atoms with van der Waals surface area (Å²) in [7, 11) is 0. The summed E-state index contributed by atoms with van der Waals surface area (Å²) in [6.45, 7) is 5.78. The highest BCUT2D eigenvalue weighted by atomic mass is 16.1. The SMILES string of the molecule is Cc1cccc(-c2cccc(CNC(=O)[C@H]3CCN[C@@H](C)C3)c2)c1. The Balaban J connectivity index is 1.63. The molecule has 1 saturated heterocycles. The van der Waals surface area contributed by atoms with E-state index in [0.717, 1.165) is 24.9 Å². The molecule has 0 saturated carbocycles. The minimum Gasteiger partial charge on any atom is -0.352 e. The van der Waals surface area contributed by atoms with Crippen LogP contribution in [0.15, 0.2) is 48.5 Å². The van der Waals surface area contributed by atoms with E-state index >= 15 is 0 Å².